The van der Waals surface area contributed by atoms with Crippen LogP contribution in [0.15, 0.2) is 54.7 Å². The van der Waals surface area contributed by atoms with Crippen LogP contribution in [0.1, 0.15) is 21.6 Å². The lowest BCUT2D eigenvalue weighted by Gasteiger charge is -2.10. The largest absolute Gasteiger partial charge is 0.435 e. The maximum Gasteiger partial charge on any atom is 0.416 e. The summed E-state index contributed by atoms with van der Waals surface area (Å²) in [5.41, 5.74) is -0.0702. The average molecular weight is 411 g/mol. The van der Waals surface area contributed by atoms with Crippen molar-refractivity contribution in [3.63, 3.8) is 0 Å². The van der Waals surface area contributed by atoms with Crippen molar-refractivity contribution in [2.75, 3.05) is 5.32 Å². The van der Waals surface area contributed by atoms with Crippen LogP contribution in [0.4, 0.5) is 27.6 Å². The fourth-order valence-corrected chi connectivity index (χ4v) is 2.66. The van der Waals surface area contributed by atoms with Gasteiger partial charge in [0.05, 0.1) is 28.7 Å². The molecule has 0 fully saturated rings. The number of rotatable bonds is 5. The Morgan fingerprint density at radius 1 is 1.14 bits per heavy atom. The van der Waals surface area contributed by atoms with Gasteiger partial charge in [-0.25, -0.2) is 4.68 Å². The molecule has 2 aromatic carbocycles. The Morgan fingerprint density at radius 3 is 2.55 bits per heavy atom. The molecule has 3 rings (SSSR count). The van der Waals surface area contributed by atoms with Gasteiger partial charge < -0.3 is 10.1 Å². The minimum absolute atomic E-state index is 0.114. The average Bonchev–Trinajstić information content (AvgIpc) is 3.02. The molecule has 1 heterocycles. The smallest absolute Gasteiger partial charge is 0.416 e. The molecule has 5 nitrogen and oxygen atoms in total. The van der Waals surface area contributed by atoms with Crippen LogP contribution in [0.5, 0.6) is 5.75 Å². The van der Waals surface area contributed by atoms with Crippen LogP contribution in [0.2, 0.25) is 0 Å². The third-order valence-corrected chi connectivity index (χ3v) is 3.99. The lowest BCUT2D eigenvalue weighted by molar-refractivity contribution is -0.137. The Morgan fingerprint density at radius 2 is 1.86 bits per heavy atom. The van der Waals surface area contributed by atoms with Crippen LogP contribution in [0, 0.1) is 6.92 Å². The summed E-state index contributed by atoms with van der Waals surface area (Å²) in [4.78, 5) is 12.5. The maximum atomic E-state index is 12.9. The van der Waals surface area contributed by atoms with E-state index in [1.54, 1.807) is 0 Å². The molecule has 0 bridgehead atoms. The Balaban J connectivity index is 1.83. The van der Waals surface area contributed by atoms with Gasteiger partial charge in [0.25, 0.3) is 5.91 Å². The van der Waals surface area contributed by atoms with E-state index in [1.807, 2.05) is 0 Å². The van der Waals surface area contributed by atoms with E-state index in [9.17, 15) is 26.7 Å². The number of hydrogen-bond acceptors (Lipinski definition) is 3. The molecule has 152 valence electrons. The van der Waals surface area contributed by atoms with E-state index in [1.165, 1.54) is 54.2 Å². The molecule has 29 heavy (non-hydrogen) atoms. The molecule has 0 saturated carbocycles. The van der Waals surface area contributed by atoms with Gasteiger partial charge in [-0.15, -0.1) is 0 Å². The van der Waals surface area contributed by atoms with Gasteiger partial charge in [-0.2, -0.15) is 27.1 Å². The number of ether oxygens (including phenoxy) is 1. The molecule has 0 radical (unpaired) electrons. The molecule has 0 aliphatic heterocycles. The highest BCUT2D eigenvalue weighted by atomic mass is 19.4. The zero-order chi connectivity index (χ0) is 21.2. The van der Waals surface area contributed by atoms with Gasteiger partial charge in [-0.05, 0) is 37.3 Å². The summed E-state index contributed by atoms with van der Waals surface area (Å²) in [5, 5.41) is 6.51. The third kappa shape index (κ3) is 4.71. The minimum Gasteiger partial charge on any atom is -0.435 e. The summed E-state index contributed by atoms with van der Waals surface area (Å²) in [6.45, 7) is -1.48. The first kappa shape index (κ1) is 20.3. The van der Waals surface area contributed by atoms with Gasteiger partial charge in [0.15, 0.2) is 0 Å². The number of carbonyl (C=O) groups is 1. The van der Waals surface area contributed by atoms with Crippen molar-refractivity contribution in [1.29, 1.82) is 0 Å². The Hall–Kier alpha value is -3.43. The van der Waals surface area contributed by atoms with Crippen molar-refractivity contribution < 1.29 is 31.5 Å². The fourth-order valence-electron chi connectivity index (χ4n) is 2.66. The topological polar surface area (TPSA) is 56.1 Å². The van der Waals surface area contributed by atoms with Crippen LogP contribution in [0.25, 0.3) is 5.69 Å². The second kappa shape index (κ2) is 7.90. The van der Waals surface area contributed by atoms with Crippen LogP contribution >= 0.6 is 0 Å². The highest BCUT2D eigenvalue weighted by molar-refractivity contribution is 6.05. The summed E-state index contributed by atoms with van der Waals surface area (Å²) in [6.07, 6.45) is -3.30. The summed E-state index contributed by atoms with van der Waals surface area (Å²) in [6, 6.07) is 9.96. The fraction of sp³-hybridized carbons (Fsp3) is 0.158. The monoisotopic (exact) mass is 411 g/mol. The number of nitrogens with zero attached hydrogens (tertiary/aromatic N) is 2. The molecule has 1 aromatic heterocycles. The second-order valence-corrected chi connectivity index (χ2v) is 5.96. The van der Waals surface area contributed by atoms with Crippen LogP contribution in [-0.2, 0) is 6.18 Å². The molecule has 0 unspecified atom stereocenters. The number of nitrogens with one attached hydrogen (secondary N) is 1. The van der Waals surface area contributed by atoms with Crippen LogP contribution < -0.4 is 10.1 Å². The zero-order valence-electron chi connectivity index (χ0n) is 14.9. The summed E-state index contributed by atoms with van der Waals surface area (Å²) >= 11 is 0. The summed E-state index contributed by atoms with van der Waals surface area (Å²) < 4.78 is 68.9. The number of halogens is 5. The molecule has 0 atom stereocenters. The van der Waals surface area contributed by atoms with E-state index in [2.05, 4.69) is 15.2 Å². The van der Waals surface area contributed by atoms with Gasteiger partial charge in [-0.3, -0.25) is 4.79 Å². The van der Waals surface area contributed by atoms with Crippen molar-refractivity contribution in [3.8, 4) is 11.4 Å². The van der Waals surface area contributed by atoms with Gasteiger partial charge in [0, 0.05) is 11.8 Å². The zero-order valence-corrected chi connectivity index (χ0v) is 14.9. The minimum atomic E-state index is -4.51. The predicted octanol–water partition coefficient (Wildman–Crippen LogP) is 5.05. The number of alkyl halides is 5. The summed E-state index contributed by atoms with van der Waals surface area (Å²) in [7, 11) is 0. The highest BCUT2D eigenvalue weighted by Crippen LogP contribution is 2.30. The number of carbonyl (C=O) groups excluding carboxylic acids is 1. The molecule has 1 N–H and O–H groups in total. The normalized spacial score (nSPS) is 11.6. The summed E-state index contributed by atoms with van der Waals surface area (Å²) in [5.74, 6) is -0.732. The molecular weight excluding hydrogens is 397 g/mol. The third-order valence-electron chi connectivity index (χ3n) is 3.99. The molecular formula is C19H14F5N3O2. The molecule has 10 heteroatoms. The first-order valence-electron chi connectivity index (χ1n) is 8.23. The molecule has 0 aliphatic rings. The van der Waals surface area contributed by atoms with Crippen molar-refractivity contribution in [1.82, 2.24) is 9.78 Å². The molecule has 3 aromatic rings. The number of aromatic nitrogens is 2. The van der Waals surface area contributed by atoms with Crippen LogP contribution in [-0.4, -0.2) is 22.3 Å². The number of benzene rings is 2. The Bertz CT molecular complexity index is 1030. The predicted molar refractivity (Wildman–Crippen MR) is 94.3 cm³/mol. The second-order valence-electron chi connectivity index (χ2n) is 5.96. The molecule has 0 aliphatic carbocycles. The van der Waals surface area contributed by atoms with E-state index in [4.69, 9.17) is 0 Å². The number of amides is 1. The highest BCUT2D eigenvalue weighted by Gasteiger charge is 2.30. The van der Waals surface area contributed by atoms with Gasteiger partial charge in [0.1, 0.15) is 5.75 Å². The van der Waals surface area contributed by atoms with E-state index < -0.39 is 24.3 Å². The SMILES string of the molecule is Cc1c(C(=O)Nc2cccc(OC(F)F)c2)cnn1-c1cccc(C(F)(F)F)c1. The quantitative estimate of drug-likeness (QED) is 0.598. The van der Waals surface area contributed by atoms with E-state index in [0.717, 1.165) is 12.1 Å². The number of anilines is 1. The van der Waals surface area contributed by atoms with E-state index in [-0.39, 0.29) is 22.7 Å². The molecule has 0 spiro atoms. The van der Waals surface area contributed by atoms with E-state index in [0.29, 0.717) is 5.69 Å². The van der Waals surface area contributed by atoms with E-state index >= 15 is 0 Å². The lowest BCUT2D eigenvalue weighted by Crippen LogP contribution is -2.13. The Labute approximate surface area is 161 Å². The van der Waals surface area contributed by atoms with Crippen molar-refractivity contribution in [2.24, 2.45) is 0 Å². The van der Waals surface area contributed by atoms with Gasteiger partial charge >= 0.3 is 12.8 Å². The molecule has 0 saturated heterocycles. The standard InChI is InChI=1S/C19H14F5N3O2/c1-11-16(17(28)26-13-5-3-7-15(9-13)29-18(20)21)10-25-27(11)14-6-2-4-12(8-14)19(22,23)24/h2-10,18H,1H3,(H,26,28). The molecule has 1 amide bonds. The first-order valence-corrected chi connectivity index (χ1v) is 8.23. The van der Waals surface area contributed by atoms with Crippen molar-refractivity contribution in [2.45, 2.75) is 19.7 Å². The van der Waals surface area contributed by atoms with Crippen molar-refractivity contribution >= 4 is 11.6 Å². The van der Waals surface area contributed by atoms with Gasteiger partial charge in [-0.1, -0.05) is 12.1 Å². The number of hydrogen-bond donors (Lipinski definition) is 1. The lowest BCUT2D eigenvalue weighted by atomic mass is 10.2. The van der Waals surface area contributed by atoms with Crippen LogP contribution in [0.3, 0.4) is 0 Å². The first-order chi connectivity index (χ1) is 13.6. The maximum absolute atomic E-state index is 12.9. The van der Waals surface area contributed by atoms with Gasteiger partial charge in [0.2, 0.25) is 0 Å². The van der Waals surface area contributed by atoms with Crippen molar-refractivity contribution in [3.05, 3.63) is 71.5 Å². The Kier molecular flexibility index (Phi) is 5.53.